The molecule has 0 saturated heterocycles. The predicted molar refractivity (Wildman–Crippen MR) is 60.3 cm³/mol. The molecule has 1 aromatic heterocycles. The Bertz CT molecular complexity index is 273. The molecule has 0 spiro atoms. The van der Waals surface area contributed by atoms with Crippen LogP contribution in [0.15, 0.2) is 12.3 Å². The van der Waals surface area contributed by atoms with E-state index in [0.717, 1.165) is 6.42 Å². The van der Waals surface area contributed by atoms with Crippen molar-refractivity contribution >= 4 is 34.2 Å². The van der Waals surface area contributed by atoms with Gasteiger partial charge in [-0.25, -0.2) is 4.98 Å². The second kappa shape index (κ2) is 4.42. The third-order valence-corrected chi connectivity index (χ3v) is 2.65. The first kappa shape index (κ1) is 10.3. The zero-order valence-corrected chi connectivity index (χ0v) is 9.98. The molecule has 0 aromatic carbocycles. The molecule has 3 heteroatoms. The van der Waals surface area contributed by atoms with Gasteiger partial charge in [0.2, 0.25) is 0 Å². The smallest absolute Gasteiger partial charge is 0.130 e. The van der Waals surface area contributed by atoms with Gasteiger partial charge in [0.05, 0.1) is 0 Å². The van der Waals surface area contributed by atoms with E-state index in [1.165, 1.54) is 15.1 Å². The number of nitrogens with zero attached hydrogens (tertiary/aromatic N) is 1. The van der Waals surface area contributed by atoms with Gasteiger partial charge in [0.15, 0.2) is 0 Å². The highest BCUT2D eigenvalue weighted by molar-refractivity contribution is 14.1. The molecule has 0 fully saturated rings. The maximum absolute atomic E-state index is 5.73. The van der Waals surface area contributed by atoms with Gasteiger partial charge < -0.3 is 0 Å². The van der Waals surface area contributed by atoms with Crippen LogP contribution in [0.2, 0.25) is 5.15 Å². The van der Waals surface area contributed by atoms with E-state index in [1.807, 2.05) is 12.3 Å². The van der Waals surface area contributed by atoms with E-state index in [9.17, 15) is 0 Å². The van der Waals surface area contributed by atoms with Crippen LogP contribution in [0.25, 0.3) is 0 Å². The highest BCUT2D eigenvalue weighted by atomic mass is 127. The summed E-state index contributed by atoms with van der Waals surface area (Å²) in [5.41, 5.74) is 1.25. The van der Waals surface area contributed by atoms with Crippen LogP contribution in [0.5, 0.6) is 0 Å². The lowest BCUT2D eigenvalue weighted by molar-refractivity contribution is 0.942. The van der Waals surface area contributed by atoms with Crippen molar-refractivity contribution in [1.29, 1.82) is 0 Å². The van der Waals surface area contributed by atoms with Crippen molar-refractivity contribution < 1.29 is 0 Å². The number of hydrogen-bond acceptors (Lipinski definition) is 1. The monoisotopic (exact) mass is 294 g/mol. The van der Waals surface area contributed by atoms with Crippen LogP contribution in [-0.2, 0) is 6.42 Å². The first-order valence-corrected chi connectivity index (χ1v) is 5.14. The second-order valence-electron chi connectivity index (χ2n) is 2.98. The molecule has 0 amide bonds. The lowest BCUT2D eigenvalue weighted by Crippen LogP contribution is -1.96. The molecule has 12 heavy (non-hydrogen) atoms. The van der Waals surface area contributed by atoms with E-state index in [4.69, 9.17) is 11.6 Å². The molecular formula is C9H10ClIN. The number of hydrogen-bond donors (Lipinski definition) is 0. The highest BCUT2D eigenvalue weighted by Gasteiger charge is 2.03. The lowest BCUT2D eigenvalue weighted by atomic mass is 10.1. The molecule has 0 aliphatic carbocycles. The second-order valence-corrected chi connectivity index (χ2v) is 4.53. The zero-order valence-electron chi connectivity index (χ0n) is 7.06. The van der Waals surface area contributed by atoms with Gasteiger partial charge in [-0.3, -0.25) is 0 Å². The molecule has 0 saturated carbocycles. The Hall–Kier alpha value is 0.170. The van der Waals surface area contributed by atoms with Crippen molar-refractivity contribution in [3.63, 3.8) is 0 Å². The summed E-state index contributed by atoms with van der Waals surface area (Å²) in [5, 5.41) is 0.567. The number of pyridine rings is 1. The fourth-order valence-electron chi connectivity index (χ4n) is 0.947. The molecule has 0 aliphatic rings. The van der Waals surface area contributed by atoms with Crippen LogP contribution in [0.4, 0.5) is 0 Å². The molecule has 0 unspecified atom stereocenters. The van der Waals surface area contributed by atoms with Gasteiger partial charge in [-0.1, -0.05) is 25.4 Å². The topological polar surface area (TPSA) is 12.9 Å². The third kappa shape index (κ3) is 2.90. The molecule has 1 heterocycles. The van der Waals surface area contributed by atoms with Crippen molar-refractivity contribution in [2.24, 2.45) is 0 Å². The first-order valence-electron chi connectivity index (χ1n) is 3.68. The van der Waals surface area contributed by atoms with Gasteiger partial charge in [-0.15, -0.1) is 0 Å². The SMILES string of the molecule is C[C](C)Cc1cnc(Cl)cc1I. The fraction of sp³-hybridized carbons (Fsp3) is 0.333. The summed E-state index contributed by atoms with van der Waals surface area (Å²) >= 11 is 8.01. The molecule has 65 valence electrons. The fourth-order valence-corrected chi connectivity index (χ4v) is 1.91. The van der Waals surface area contributed by atoms with E-state index >= 15 is 0 Å². The van der Waals surface area contributed by atoms with Crippen molar-refractivity contribution in [1.82, 2.24) is 4.98 Å². The Kier molecular flexibility index (Phi) is 3.77. The quantitative estimate of drug-likeness (QED) is 0.601. The van der Waals surface area contributed by atoms with E-state index in [1.54, 1.807) is 0 Å². The first-order chi connectivity index (χ1) is 5.59. The highest BCUT2D eigenvalue weighted by Crippen LogP contribution is 2.18. The standard InChI is InChI=1S/C9H10ClIN/c1-6(2)3-7-5-12-9(10)4-8(7)11/h4-5H,3H2,1-2H3. The minimum absolute atomic E-state index is 0.567. The zero-order chi connectivity index (χ0) is 9.14. The molecule has 1 radical (unpaired) electrons. The van der Waals surface area contributed by atoms with E-state index in [0.29, 0.717) is 5.15 Å². The maximum Gasteiger partial charge on any atom is 0.130 e. The minimum Gasteiger partial charge on any atom is -0.244 e. The molecule has 0 atom stereocenters. The molecule has 0 aliphatic heterocycles. The Morgan fingerprint density at radius 1 is 1.58 bits per heavy atom. The van der Waals surface area contributed by atoms with Gasteiger partial charge in [0, 0.05) is 9.77 Å². The average molecular weight is 295 g/mol. The Morgan fingerprint density at radius 3 is 2.75 bits per heavy atom. The van der Waals surface area contributed by atoms with E-state index < -0.39 is 0 Å². The largest absolute Gasteiger partial charge is 0.244 e. The predicted octanol–water partition coefficient (Wildman–Crippen LogP) is 3.50. The van der Waals surface area contributed by atoms with Crippen molar-refractivity contribution in [2.75, 3.05) is 0 Å². The summed E-state index contributed by atoms with van der Waals surface area (Å²) in [7, 11) is 0. The van der Waals surface area contributed by atoms with Crippen LogP contribution in [0.3, 0.4) is 0 Å². The molecular weight excluding hydrogens is 284 g/mol. The molecule has 0 N–H and O–H groups in total. The van der Waals surface area contributed by atoms with Crippen LogP contribution < -0.4 is 0 Å². The Balaban J connectivity index is 2.86. The summed E-state index contributed by atoms with van der Waals surface area (Å²) in [5.74, 6) is 1.39. The number of aromatic nitrogens is 1. The minimum atomic E-state index is 0.567. The van der Waals surface area contributed by atoms with Gasteiger partial charge in [-0.2, -0.15) is 0 Å². The van der Waals surface area contributed by atoms with Gasteiger partial charge >= 0.3 is 0 Å². The Morgan fingerprint density at radius 2 is 2.25 bits per heavy atom. The van der Waals surface area contributed by atoms with Crippen molar-refractivity contribution in [2.45, 2.75) is 20.3 Å². The summed E-state index contributed by atoms with van der Waals surface area (Å²) in [6.45, 7) is 4.23. The van der Waals surface area contributed by atoms with Crippen molar-refractivity contribution in [3.8, 4) is 0 Å². The normalized spacial score (nSPS) is 10.8. The summed E-state index contributed by atoms with van der Waals surface area (Å²) in [6.07, 6.45) is 2.83. The summed E-state index contributed by atoms with van der Waals surface area (Å²) in [6, 6.07) is 1.89. The van der Waals surface area contributed by atoms with Gasteiger partial charge in [0.1, 0.15) is 5.15 Å². The lowest BCUT2D eigenvalue weighted by Gasteiger charge is -2.05. The Labute approximate surface area is 91.7 Å². The number of halogens is 2. The maximum atomic E-state index is 5.73. The van der Waals surface area contributed by atoms with Crippen LogP contribution in [-0.4, -0.2) is 4.98 Å². The van der Waals surface area contributed by atoms with E-state index in [-0.39, 0.29) is 0 Å². The molecule has 1 aromatic rings. The van der Waals surface area contributed by atoms with Gasteiger partial charge in [-0.05, 0) is 46.6 Å². The van der Waals surface area contributed by atoms with Crippen LogP contribution in [0, 0.1) is 9.49 Å². The molecule has 1 rings (SSSR count). The average Bonchev–Trinajstić information content (AvgIpc) is 1.94. The molecule has 0 bridgehead atoms. The molecule has 1 nitrogen and oxygen atoms in total. The van der Waals surface area contributed by atoms with Crippen LogP contribution in [0.1, 0.15) is 19.4 Å². The van der Waals surface area contributed by atoms with E-state index in [2.05, 4.69) is 41.4 Å². The van der Waals surface area contributed by atoms with Crippen LogP contribution >= 0.6 is 34.2 Å². The summed E-state index contributed by atoms with van der Waals surface area (Å²) < 4.78 is 1.19. The number of rotatable bonds is 2. The summed E-state index contributed by atoms with van der Waals surface area (Å²) in [4.78, 5) is 4.04. The van der Waals surface area contributed by atoms with Gasteiger partial charge in [0.25, 0.3) is 0 Å². The third-order valence-electron chi connectivity index (χ3n) is 1.44. The van der Waals surface area contributed by atoms with Crippen molar-refractivity contribution in [3.05, 3.63) is 32.5 Å².